The van der Waals surface area contributed by atoms with Gasteiger partial charge in [0.15, 0.2) is 5.17 Å². The minimum Gasteiger partial charge on any atom is -0.331 e. The standard InChI is InChI=1S/C10H10ClFN2S/c1-6-5-15-10(13-6)14-9-7(11)3-2-4-8(9)12/h2-4,6H,5H2,1H3,(H,13,14). The highest BCUT2D eigenvalue weighted by atomic mass is 35.5. The maximum absolute atomic E-state index is 13.4. The highest BCUT2D eigenvalue weighted by molar-refractivity contribution is 8.14. The second-order valence-corrected chi connectivity index (χ2v) is 4.73. The monoisotopic (exact) mass is 244 g/mol. The Balaban J connectivity index is 2.21. The fraction of sp³-hybridized carbons (Fsp3) is 0.300. The molecule has 2 rings (SSSR count). The molecule has 1 N–H and O–H groups in total. The molecule has 1 heterocycles. The Hall–Kier alpha value is -0.740. The van der Waals surface area contributed by atoms with Crippen molar-refractivity contribution in [3.63, 3.8) is 0 Å². The number of hydrogen-bond acceptors (Lipinski definition) is 3. The van der Waals surface area contributed by atoms with E-state index < -0.39 is 0 Å². The first-order chi connectivity index (χ1) is 7.16. The lowest BCUT2D eigenvalue weighted by Crippen LogP contribution is -2.07. The molecule has 0 fully saturated rings. The van der Waals surface area contributed by atoms with Crippen LogP contribution in [-0.4, -0.2) is 17.0 Å². The average Bonchev–Trinajstić information content (AvgIpc) is 2.58. The number of para-hydroxylation sites is 1. The van der Waals surface area contributed by atoms with Gasteiger partial charge in [0, 0.05) is 5.75 Å². The van der Waals surface area contributed by atoms with E-state index in [9.17, 15) is 4.39 Å². The molecule has 0 aliphatic carbocycles. The van der Waals surface area contributed by atoms with E-state index in [1.54, 1.807) is 23.9 Å². The Bertz CT molecular complexity index is 388. The van der Waals surface area contributed by atoms with E-state index in [-0.39, 0.29) is 11.9 Å². The van der Waals surface area contributed by atoms with Crippen LogP contribution in [0.3, 0.4) is 0 Å². The van der Waals surface area contributed by atoms with E-state index in [1.807, 2.05) is 6.92 Å². The van der Waals surface area contributed by atoms with Crippen LogP contribution in [0.15, 0.2) is 23.2 Å². The third kappa shape index (κ3) is 2.44. The van der Waals surface area contributed by atoms with E-state index in [4.69, 9.17) is 11.6 Å². The molecule has 1 atom stereocenters. The van der Waals surface area contributed by atoms with Crippen molar-refractivity contribution >= 4 is 34.2 Å². The first kappa shape index (κ1) is 10.8. The summed E-state index contributed by atoms with van der Waals surface area (Å²) in [4.78, 5) is 4.31. The van der Waals surface area contributed by atoms with Gasteiger partial charge in [-0.25, -0.2) is 4.39 Å². The second-order valence-electron chi connectivity index (χ2n) is 3.32. The summed E-state index contributed by atoms with van der Waals surface area (Å²) in [5, 5.41) is 4.02. The molecule has 0 bridgehead atoms. The van der Waals surface area contributed by atoms with Crippen LogP contribution in [-0.2, 0) is 0 Å². The van der Waals surface area contributed by atoms with Gasteiger partial charge in [-0.1, -0.05) is 29.4 Å². The molecule has 2 nitrogen and oxygen atoms in total. The number of rotatable bonds is 1. The summed E-state index contributed by atoms with van der Waals surface area (Å²) in [6.45, 7) is 2.02. The predicted octanol–water partition coefficient (Wildman–Crippen LogP) is 3.38. The van der Waals surface area contributed by atoms with Crippen molar-refractivity contribution < 1.29 is 4.39 Å². The Labute approximate surface area is 96.9 Å². The molecule has 5 heteroatoms. The van der Waals surface area contributed by atoms with Gasteiger partial charge in [0.1, 0.15) is 5.82 Å². The van der Waals surface area contributed by atoms with Crippen LogP contribution in [0.2, 0.25) is 5.02 Å². The van der Waals surface area contributed by atoms with Gasteiger partial charge in [-0.2, -0.15) is 0 Å². The van der Waals surface area contributed by atoms with Crippen LogP contribution in [0.1, 0.15) is 6.92 Å². The number of benzene rings is 1. The molecule has 0 spiro atoms. The third-order valence-electron chi connectivity index (χ3n) is 1.99. The average molecular weight is 245 g/mol. The molecule has 0 saturated heterocycles. The van der Waals surface area contributed by atoms with E-state index in [2.05, 4.69) is 10.3 Å². The van der Waals surface area contributed by atoms with Crippen LogP contribution in [0, 0.1) is 5.82 Å². The van der Waals surface area contributed by atoms with Crippen LogP contribution < -0.4 is 5.32 Å². The lowest BCUT2D eigenvalue weighted by atomic mass is 10.3. The molecule has 15 heavy (non-hydrogen) atoms. The first-order valence-electron chi connectivity index (χ1n) is 4.58. The van der Waals surface area contributed by atoms with Crippen LogP contribution in [0.5, 0.6) is 0 Å². The van der Waals surface area contributed by atoms with Crippen molar-refractivity contribution in [1.29, 1.82) is 0 Å². The minimum atomic E-state index is -0.356. The van der Waals surface area contributed by atoms with Gasteiger partial charge in [0.2, 0.25) is 0 Å². The lowest BCUT2D eigenvalue weighted by Gasteiger charge is -2.07. The molecular weight excluding hydrogens is 235 g/mol. The van der Waals surface area contributed by atoms with E-state index in [0.717, 1.165) is 10.9 Å². The van der Waals surface area contributed by atoms with Crippen molar-refractivity contribution in [1.82, 2.24) is 0 Å². The number of nitrogens with one attached hydrogen (secondary N) is 1. The van der Waals surface area contributed by atoms with Crippen molar-refractivity contribution in [2.75, 3.05) is 11.1 Å². The third-order valence-corrected chi connectivity index (χ3v) is 3.44. The summed E-state index contributed by atoms with van der Waals surface area (Å²) in [5.74, 6) is 0.569. The summed E-state index contributed by atoms with van der Waals surface area (Å²) in [6, 6.07) is 4.88. The van der Waals surface area contributed by atoms with Crippen LogP contribution >= 0.6 is 23.4 Å². The molecular formula is C10H10ClFN2S. The Kier molecular flexibility index (Phi) is 3.17. The SMILES string of the molecule is CC1CSC(Nc2c(F)cccc2Cl)=N1. The number of amidine groups is 1. The van der Waals surface area contributed by atoms with Crippen molar-refractivity contribution in [2.45, 2.75) is 13.0 Å². The van der Waals surface area contributed by atoms with Crippen molar-refractivity contribution in [2.24, 2.45) is 4.99 Å². The van der Waals surface area contributed by atoms with Gasteiger partial charge in [0.05, 0.1) is 16.8 Å². The van der Waals surface area contributed by atoms with Crippen molar-refractivity contribution in [3.05, 3.63) is 29.0 Å². The smallest absolute Gasteiger partial charge is 0.161 e. The largest absolute Gasteiger partial charge is 0.331 e. The Morgan fingerprint density at radius 3 is 3.00 bits per heavy atom. The molecule has 0 aromatic heterocycles. The van der Waals surface area contributed by atoms with Gasteiger partial charge in [0.25, 0.3) is 0 Å². The maximum Gasteiger partial charge on any atom is 0.161 e. The normalized spacial score (nSPS) is 20.2. The minimum absolute atomic E-state index is 0.281. The number of nitrogens with zero attached hydrogens (tertiary/aromatic N) is 1. The summed E-state index contributed by atoms with van der Waals surface area (Å²) in [5.41, 5.74) is 0.305. The highest BCUT2D eigenvalue weighted by Gasteiger charge is 2.16. The van der Waals surface area contributed by atoms with Gasteiger partial charge in [-0.05, 0) is 19.1 Å². The molecule has 1 aromatic carbocycles. The zero-order chi connectivity index (χ0) is 10.8. The zero-order valence-electron chi connectivity index (χ0n) is 8.13. The number of halogens is 2. The summed E-state index contributed by atoms with van der Waals surface area (Å²) in [7, 11) is 0. The topological polar surface area (TPSA) is 24.4 Å². The molecule has 1 aliphatic rings. The molecule has 1 aliphatic heterocycles. The van der Waals surface area contributed by atoms with Crippen LogP contribution in [0.25, 0.3) is 0 Å². The summed E-state index contributed by atoms with van der Waals surface area (Å²) < 4.78 is 13.4. The second kappa shape index (κ2) is 4.41. The Morgan fingerprint density at radius 2 is 2.40 bits per heavy atom. The fourth-order valence-corrected chi connectivity index (χ4v) is 2.38. The van der Waals surface area contributed by atoms with Gasteiger partial charge in [-0.15, -0.1) is 0 Å². The number of hydrogen-bond donors (Lipinski definition) is 1. The van der Waals surface area contributed by atoms with E-state index in [1.165, 1.54) is 6.07 Å². The molecule has 0 saturated carbocycles. The number of thioether (sulfide) groups is 1. The molecule has 1 unspecified atom stereocenters. The van der Waals surface area contributed by atoms with Gasteiger partial charge in [-0.3, -0.25) is 4.99 Å². The molecule has 1 aromatic rings. The number of aliphatic imine (C=N–C) groups is 1. The number of anilines is 1. The van der Waals surface area contributed by atoms with Gasteiger partial charge >= 0.3 is 0 Å². The fourth-order valence-electron chi connectivity index (χ4n) is 1.27. The lowest BCUT2D eigenvalue weighted by molar-refractivity contribution is 0.632. The van der Waals surface area contributed by atoms with E-state index in [0.29, 0.717) is 10.7 Å². The molecule has 80 valence electrons. The predicted molar refractivity (Wildman–Crippen MR) is 64.4 cm³/mol. The Morgan fingerprint density at radius 1 is 1.60 bits per heavy atom. The first-order valence-corrected chi connectivity index (χ1v) is 5.95. The van der Waals surface area contributed by atoms with Crippen LogP contribution in [0.4, 0.5) is 10.1 Å². The van der Waals surface area contributed by atoms with E-state index >= 15 is 0 Å². The maximum atomic E-state index is 13.4. The summed E-state index contributed by atoms with van der Waals surface area (Å²) in [6.07, 6.45) is 0. The van der Waals surface area contributed by atoms with Gasteiger partial charge < -0.3 is 5.32 Å². The summed E-state index contributed by atoms with van der Waals surface area (Å²) >= 11 is 7.45. The quantitative estimate of drug-likeness (QED) is 0.819. The zero-order valence-corrected chi connectivity index (χ0v) is 9.70. The van der Waals surface area contributed by atoms with Crippen molar-refractivity contribution in [3.8, 4) is 0 Å². The highest BCUT2D eigenvalue weighted by Crippen LogP contribution is 2.27. The molecule has 0 radical (unpaired) electrons. The molecule has 0 amide bonds.